The highest BCUT2D eigenvalue weighted by Crippen LogP contribution is 2.53. The number of halogens is 1. The van der Waals surface area contributed by atoms with Crippen molar-refractivity contribution in [3.05, 3.63) is 65.7 Å². The zero-order chi connectivity index (χ0) is 13.2. The van der Waals surface area contributed by atoms with Crippen LogP contribution in [0, 0.1) is 5.92 Å². The zero-order valence-corrected chi connectivity index (χ0v) is 12.3. The van der Waals surface area contributed by atoms with E-state index >= 15 is 0 Å². The summed E-state index contributed by atoms with van der Waals surface area (Å²) in [7, 11) is 1.68. The molecular formula is C17H20ClNO. The standard InChI is InChI=1S/C17H19NO.ClH/c1-19-14-9-7-13(8-10-14)17(18)16-11-15(16)12-5-3-2-4-6-12;/h2-10,15-17H,11,18H2,1H3;1H. The Hall–Kier alpha value is -1.51. The summed E-state index contributed by atoms with van der Waals surface area (Å²) in [6.45, 7) is 0. The highest BCUT2D eigenvalue weighted by molar-refractivity contribution is 5.85. The van der Waals surface area contributed by atoms with Crippen molar-refractivity contribution in [3.63, 3.8) is 0 Å². The number of hydrogen-bond donors (Lipinski definition) is 1. The maximum Gasteiger partial charge on any atom is 0.118 e. The third-order valence-corrected chi connectivity index (χ3v) is 4.03. The van der Waals surface area contributed by atoms with E-state index in [0.29, 0.717) is 11.8 Å². The van der Waals surface area contributed by atoms with Crippen molar-refractivity contribution in [3.8, 4) is 5.75 Å². The van der Waals surface area contributed by atoms with E-state index in [1.165, 1.54) is 17.5 Å². The van der Waals surface area contributed by atoms with Gasteiger partial charge in [-0.2, -0.15) is 0 Å². The highest BCUT2D eigenvalue weighted by Gasteiger charge is 2.42. The first-order valence-corrected chi connectivity index (χ1v) is 6.74. The monoisotopic (exact) mass is 289 g/mol. The summed E-state index contributed by atoms with van der Waals surface area (Å²) in [5, 5.41) is 0. The van der Waals surface area contributed by atoms with Crippen LogP contribution in [-0.4, -0.2) is 7.11 Å². The molecule has 1 saturated carbocycles. The Morgan fingerprint density at radius 1 is 1.05 bits per heavy atom. The molecule has 1 aliphatic rings. The van der Waals surface area contributed by atoms with Gasteiger partial charge >= 0.3 is 0 Å². The average Bonchev–Trinajstić information content (AvgIpc) is 3.28. The van der Waals surface area contributed by atoms with Crippen molar-refractivity contribution < 1.29 is 4.74 Å². The second-order valence-electron chi connectivity index (χ2n) is 5.22. The Balaban J connectivity index is 0.00000147. The van der Waals surface area contributed by atoms with Gasteiger partial charge in [-0.15, -0.1) is 12.4 Å². The predicted molar refractivity (Wildman–Crippen MR) is 84.5 cm³/mol. The Bertz CT molecular complexity index is 541. The number of ether oxygens (including phenoxy) is 1. The summed E-state index contributed by atoms with van der Waals surface area (Å²) in [4.78, 5) is 0. The molecule has 0 aliphatic heterocycles. The van der Waals surface area contributed by atoms with Crippen LogP contribution in [0.1, 0.15) is 29.5 Å². The van der Waals surface area contributed by atoms with Gasteiger partial charge in [-0.05, 0) is 41.5 Å². The molecule has 0 amide bonds. The topological polar surface area (TPSA) is 35.2 Å². The fraction of sp³-hybridized carbons (Fsp3) is 0.294. The van der Waals surface area contributed by atoms with Crippen molar-refractivity contribution >= 4 is 12.4 Å². The summed E-state index contributed by atoms with van der Waals surface area (Å²) in [5.41, 5.74) is 8.99. The molecule has 3 atom stereocenters. The molecule has 0 bridgehead atoms. The maximum atomic E-state index is 6.38. The summed E-state index contributed by atoms with van der Waals surface area (Å²) in [6.07, 6.45) is 1.19. The molecule has 0 aromatic heterocycles. The molecule has 20 heavy (non-hydrogen) atoms. The van der Waals surface area contributed by atoms with Gasteiger partial charge in [0.1, 0.15) is 5.75 Å². The lowest BCUT2D eigenvalue weighted by Gasteiger charge is -2.12. The van der Waals surface area contributed by atoms with E-state index in [1.54, 1.807) is 7.11 Å². The molecule has 2 N–H and O–H groups in total. The normalized spacial score (nSPS) is 21.7. The van der Waals surface area contributed by atoms with Crippen molar-refractivity contribution in [1.82, 2.24) is 0 Å². The van der Waals surface area contributed by atoms with Crippen molar-refractivity contribution in [2.45, 2.75) is 18.4 Å². The molecular weight excluding hydrogens is 270 g/mol. The van der Waals surface area contributed by atoms with Crippen LogP contribution in [0.5, 0.6) is 5.75 Å². The van der Waals surface area contributed by atoms with Gasteiger partial charge < -0.3 is 10.5 Å². The summed E-state index contributed by atoms with van der Waals surface area (Å²) in [5.74, 6) is 2.07. The summed E-state index contributed by atoms with van der Waals surface area (Å²) >= 11 is 0. The molecule has 2 nitrogen and oxygen atoms in total. The van der Waals surface area contributed by atoms with E-state index in [0.717, 1.165) is 5.75 Å². The van der Waals surface area contributed by atoms with E-state index in [4.69, 9.17) is 10.5 Å². The van der Waals surface area contributed by atoms with Gasteiger partial charge in [-0.1, -0.05) is 42.5 Å². The van der Waals surface area contributed by atoms with E-state index in [-0.39, 0.29) is 18.4 Å². The SMILES string of the molecule is COc1ccc(C(N)C2CC2c2ccccc2)cc1.Cl. The Morgan fingerprint density at radius 2 is 1.70 bits per heavy atom. The van der Waals surface area contributed by atoms with Gasteiger partial charge in [0, 0.05) is 6.04 Å². The predicted octanol–water partition coefficient (Wildman–Crippen LogP) is 3.92. The third kappa shape index (κ3) is 2.97. The first-order chi connectivity index (χ1) is 9.29. The van der Waals surface area contributed by atoms with Crippen LogP contribution < -0.4 is 10.5 Å². The van der Waals surface area contributed by atoms with Gasteiger partial charge in [0.25, 0.3) is 0 Å². The molecule has 1 fully saturated rings. The number of nitrogens with two attached hydrogens (primary N) is 1. The lowest BCUT2D eigenvalue weighted by atomic mass is 9.99. The van der Waals surface area contributed by atoms with Crippen LogP contribution in [0.2, 0.25) is 0 Å². The highest BCUT2D eigenvalue weighted by atomic mass is 35.5. The lowest BCUT2D eigenvalue weighted by molar-refractivity contribution is 0.414. The molecule has 0 saturated heterocycles. The van der Waals surface area contributed by atoms with E-state index < -0.39 is 0 Å². The Morgan fingerprint density at radius 3 is 2.30 bits per heavy atom. The van der Waals surface area contributed by atoms with Crippen LogP contribution >= 0.6 is 12.4 Å². The van der Waals surface area contributed by atoms with Gasteiger partial charge in [0.15, 0.2) is 0 Å². The van der Waals surface area contributed by atoms with Crippen LogP contribution in [0.3, 0.4) is 0 Å². The largest absolute Gasteiger partial charge is 0.497 e. The quantitative estimate of drug-likeness (QED) is 0.926. The fourth-order valence-corrected chi connectivity index (χ4v) is 2.77. The van der Waals surface area contributed by atoms with Gasteiger partial charge in [-0.25, -0.2) is 0 Å². The first kappa shape index (κ1) is 14.9. The van der Waals surface area contributed by atoms with Gasteiger partial charge in [0.05, 0.1) is 7.11 Å². The molecule has 2 aromatic rings. The maximum absolute atomic E-state index is 6.38. The van der Waals surface area contributed by atoms with Crippen molar-refractivity contribution in [2.75, 3.05) is 7.11 Å². The Kier molecular flexibility index (Phi) is 4.69. The summed E-state index contributed by atoms with van der Waals surface area (Å²) in [6, 6.07) is 18.9. The number of hydrogen-bond acceptors (Lipinski definition) is 2. The third-order valence-electron chi connectivity index (χ3n) is 4.03. The Labute approximate surface area is 126 Å². The number of rotatable bonds is 4. The molecule has 0 spiro atoms. The average molecular weight is 290 g/mol. The second kappa shape index (κ2) is 6.29. The van der Waals surface area contributed by atoms with Crippen LogP contribution in [-0.2, 0) is 0 Å². The molecule has 0 radical (unpaired) electrons. The van der Waals surface area contributed by atoms with Crippen LogP contribution in [0.25, 0.3) is 0 Å². The first-order valence-electron chi connectivity index (χ1n) is 6.74. The zero-order valence-electron chi connectivity index (χ0n) is 11.5. The lowest BCUT2D eigenvalue weighted by Crippen LogP contribution is -2.13. The van der Waals surface area contributed by atoms with Gasteiger partial charge in [0.2, 0.25) is 0 Å². The molecule has 3 heteroatoms. The molecule has 1 aliphatic carbocycles. The number of benzene rings is 2. The van der Waals surface area contributed by atoms with Crippen LogP contribution in [0.15, 0.2) is 54.6 Å². The van der Waals surface area contributed by atoms with E-state index in [1.807, 2.05) is 12.1 Å². The van der Waals surface area contributed by atoms with E-state index in [2.05, 4.69) is 42.5 Å². The summed E-state index contributed by atoms with van der Waals surface area (Å²) < 4.78 is 5.17. The minimum absolute atomic E-state index is 0. The smallest absolute Gasteiger partial charge is 0.118 e. The fourth-order valence-electron chi connectivity index (χ4n) is 2.77. The van der Waals surface area contributed by atoms with Crippen molar-refractivity contribution in [1.29, 1.82) is 0 Å². The minimum atomic E-state index is 0. The van der Waals surface area contributed by atoms with Crippen molar-refractivity contribution in [2.24, 2.45) is 11.7 Å². The molecule has 0 heterocycles. The minimum Gasteiger partial charge on any atom is -0.497 e. The van der Waals surface area contributed by atoms with Gasteiger partial charge in [-0.3, -0.25) is 0 Å². The molecule has 3 rings (SSSR count). The molecule has 2 aromatic carbocycles. The van der Waals surface area contributed by atoms with E-state index in [9.17, 15) is 0 Å². The number of methoxy groups -OCH3 is 1. The molecule has 3 unspecified atom stereocenters. The second-order valence-corrected chi connectivity index (χ2v) is 5.22. The molecule has 106 valence electrons. The van der Waals surface area contributed by atoms with Crippen LogP contribution in [0.4, 0.5) is 0 Å².